The standard InChI is InChI=1S/C20H23ClN2O3/c1-15-3-2-4-17(13-15)26-10-7-20(24)22-18-14-16(21)5-6-19(18)23-8-11-25-12-9-23/h2-6,13-14H,7-12H2,1H3,(H,22,24). The molecule has 6 heteroatoms. The van der Waals surface area contributed by atoms with Gasteiger partial charge in [-0.3, -0.25) is 4.79 Å². The second-order valence-corrected chi connectivity index (χ2v) is 6.66. The topological polar surface area (TPSA) is 50.8 Å². The predicted molar refractivity (Wildman–Crippen MR) is 104 cm³/mol. The number of aryl methyl sites for hydroxylation is 1. The normalized spacial score (nSPS) is 14.2. The average molecular weight is 375 g/mol. The zero-order valence-corrected chi connectivity index (χ0v) is 15.6. The number of hydrogen-bond acceptors (Lipinski definition) is 4. The monoisotopic (exact) mass is 374 g/mol. The van der Waals surface area contributed by atoms with Crippen molar-refractivity contribution in [2.75, 3.05) is 43.1 Å². The van der Waals surface area contributed by atoms with E-state index in [2.05, 4.69) is 10.2 Å². The predicted octanol–water partition coefficient (Wildman–Crippen LogP) is 3.89. The Kier molecular flexibility index (Phi) is 6.36. The molecule has 1 aliphatic rings. The second-order valence-electron chi connectivity index (χ2n) is 6.22. The first-order chi connectivity index (χ1) is 12.6. The first-order valence-corrected chi connectivity index (χ1v) is 9.11. The van der Waals surface area contributed by atoms with Crippen molar-refractivity contribution < 1.29 is 14.3 Å². The number of carbonyl (C=O) groups is 1. The third-order valence-electron chi connectivity index (χ3n) is 4.17. The maximum absolute atomic E-state index is 12.3. The Bertz CT molecular complexity index is 760. The molecule has 0 atom stereocenters. The summed E-state index contributed by atoms with van der Waals surface area (Å²) in [6.45, 7) is 5.28. The number of benzene rings is 2. The van der Waals surface area contributed by atoms with Gasteiger partial charge < -0.3 is 19.7 Å². The van der Waals surface area contributed by atoms with Crippen molar-refractivity contribution >= 4 is 28.9 Å². The number of halogens is 1. The minimum absolute atomic E-state index is 0.102. The fourth-order valence-electron chi connectivity index (χ4n) is 2.87. The van der Waals surface area contributed by atoms with Crippen LogP contribution in [0, 0.1) is 6.92 Å². The second kappa shape index (κ2) is 8.92. The molecule has 0 spiro atoms. The van der Waals surface area contributed by atoms with Gasteiger partial charge in [0.05, 0.1) is 37.6 Å². The molecule has 0 saturated carbocycles. The quantitative estimate of drug-likeness (QED) is 0.833. The molecule has 0 aliphatic carbocycles. The summed E-state index contributed by atoms with van der Waals surface area (Å²) in [5.74, 6) is 0.670. The van der Waals surface area contributed by atoms with E-state index in [1.807, 2.05) is 43.3 Å². The number of morpholine rings is 1. The summed E-state index contributed by atoms with van der Waals surface area (Å²) in [4.78, 5) is 14.5. The highest BCUT2D eigenvalue weighted by atomic mass is 35.5. The molecular weight excluding hydrogens is 352 g/mol. The Morgan fingerprint density at radius 1 is 1.23 bits per heavy atom. The van der Waals surface area contributed by atoms with Crippen LogP contribution >= 0.6 is 11.6 Å². The molecule has 1 N–H and O–H groups in total. The van der Waals surface area contributed by atoms with E-state index < -0.39 is 0 Å². The Hall–Kier alpha value is -2.24. The lowest BCUT2D eigenvalue weighted by atomic mass is 10.2. The first-order valence-electron chi connectivity index (χ1n) is 8.73. The zero-order chi connectivity index (χ0) is 18.4. The van der Waals surface area contributed by atoms with Crippen molar-refractivity contribution in [3.63, 3.8) is 0 Å². The van der Waals surface area contributed by atoms with Crippen LogP contribution in [0.3, 0.4) is 0 Å². The average Bonchev–Trinajstić information content (AvgIpc) is 2.63. The first kappa shape index (κ1) is 18.5. The van der Waals surface area contributed by atoms with Crippen LogP contribution in [0.1, 0.15) is 12.0 Å². The fraction of sp³-hybridized carbons (Fsp3) is 0.350. The van der Waals surface area contributed by atoms with Gasteiger partial charge in [0.25, 0.3) is 0 Å². The minimum Gasteiger partial charge on any atom is -0.493 e. The minimum atomic E-state index is -0.102. The molecule has 1 aliphatic heterocycles. The zero-order valence-electron chi connectivity index (χ0n) is 14.8. The Morgan fingerprint density at radius 3 is 2.81 bits per heavy atom. The molecular formula is C20H23ClN2O3. The molecule has 1 amide bonds. The van der Waals surface area contributed by atoms with Crippen LogP contribution in [0.5, 0.6) is 5.75 Å². The number of nitrogens with zero attached hydrogens (tertiary/aromatic N) is 1. The third-order valence-corrected chi connectivity index (χ3v) is 4.41. The lowest BCUT2D eigenvalue weighted by molar-refractivity contribution is -0.116. The van der Waals surface area contributed by atoms with Crippen LogP contribution in [-0.2, 0) is 9.53 Å². The molecule has 138 valence electrons. The summed E-state index contributed by atoms with van der Waals surface area (Å²) >= 11 is 6.12. The number of carbonyl (C=O) groups excluding carboxylic acids is 1. The summed E-state index contributed by atoms with van der Waals surface area (Å²) in [5.41, 5.74) is 2.81. The fourth-order valence-corrected chi connectivity index (χ4v) is 3.04. The lowest BCUT2D eigenvalue weighted by Crippen LogP contribution is -2.36. The van der Waals surface area contributed by atoms with Gasteiger partial charge in [-0.2, -0.15) is 0 Å². The molecule has 0 radical (unpaired) electrons. The number of nitrogens with one attached hydrogen (secondary N) is 1. The van der Waals surface area contributed by atoms with Gasteiger partial charge in [-0.1, -0.05) is 23.7 Å². The van der Waals surface area contributed by atoms with Gasteiger partial charge in [0.15, 0.2) is 0 Å². The molecule has 26 heavy (non-hydrogen) atoms. The van der Waals surface area contributed by atoms with Crippen LogP contribution in [0.2, 0.25) is 5.02 Å². The van der Waals surface area contributed by atoms with E-state index in [1.165, 1.54) is 0 Å². The molecule has 0 aromatic heterocycles. The maximum atomic E-state index is 12.3. The van der Waals surface area contributed by atoms with Crippen LogP contribution in [0.4, 0.5) is 11.4 Å². The van der Waals surface area contributed by atoms with E-state index in [1.54, 1.807) is 6.07 Å². The van der Waals surface area contributed by atoms with Gasteiger partial charge in [-0.15, -0.1) is 0 Å². The Morgan fingerprint density at radius 2 is 2.04 bits per heavy atom. The van der Waals surface area contributed by atoms with Gasteiger partial charge in [0, 0.05) is 18.1 Å². The van der Waals surface area contributed by atoms with Crippen molar-refractivity contribution in [1.29, 1.82) is 0 Å². The van der Waals surface area contributed by atoms with Crippen molar-refractivity contribution in [2.45, 2.75) is 13.3 Å². The van der Waals surface area contributed by atoms with E-state index >= 15 is 0 Å². The highest BCUT2D eigenvalue weighted by Gasteiger charge is 2.16. The molecule has 2 aromatic rings. The molecule has 3 rings (SSSR count). The van der Waals surface area contributed by atoms with Crippen LogP contribution in [-0.4, -0.2) is 38.8 Å². The summed E-state index contributed by atoms with van der Waals surface area (Å²) in [6, 6.07) is 13.3. The number of rotatable bonds is 6. The van der Waals surface area contributed by atoms with Crippen molar-refractivity contribution in [2.24, 2.45) is 0 Å². The number of amides is 1. The van der Waals surface area contributed by atoms with E-state index in [0.717, 1.165) is 35.8 Å². The number of ether oxygens (including phenoxy) is 2. The number of anilines is 2. The highest BCUT2D eigenvalue weighted by molar-refractivity contribution is 6.31. The maximum Gasteiger partial charge on any atom is 0.227 e. The summed E-state index contributed by atoms with van der Waals surface area (Å²) in [7, 11) is 0. The molecule has 0 unspecified atom stereocenters. The summed E-state index contributed by atoms with van der Waals surface area (Å²) in [6.07, 6.45) is 0.267. The van der Waals surface area contributed by atoms with Crippen molar-refractivity contribution in [1.82, 2.24) is 0 Å². The summed E-state index contributed by atoms with van der Waals surface area (Å²) in [5, 5.41) is 3.55. The van der Waals surface area contributed by atoms with Gasteiger partial charge in [0.2, 0.25) is 5.91 Å². The smallest absolute Gasteiger partial charge is 0.227 e. The Balaban J connectivity index is 1.58. The molecule has 1 saturated heterocycles. The SMILES string of the molecule is Cc1cccc(OCCC(=O)Nc2cc(Cl)ccc2N2CCOCC2)c1. The van der Waals surface area contributed by atoms with Gasteiger partial charge in [-0.25, -0.2) is 0 Å². The van der Waals surface area contributed by atoms with Gasteiger partial charge >= 0.3 is 0 Å². The molecule has 1 fully saturated rings. The summed E-state index contributed by atoms with van der Waals surface area (Å²) < 4.78 is 11.0. The van der Waals surface area contributed by atoms with Crippen LogP contribution in [0.25, 0.3) is 0 Å². The van der Waals surface area contributed by atoms with Crippen molar-refractivity contribution in [3.05, 3.63) is 53.1 Å². The van der Waals surface area contributed by atoms with Gasteiger partial charge in [0.1, 0.15) is 5.75 Å². The molecule has 5 nitrogen and oxygen atoms in total. The van der Waals surface area contributed by atoms with Crippen molar-refractivity contribution in [3.8, 4) is 5.75 Å². The molecule has 0 bridgehead atoms. The van der Waals surface area contributed by atoms with E-state index in [9.17, 15) is 4.79 Å². The van der Waals surface area contributed by atoms with E-state index in [-0.39, 0.29) is 12.3 Å². The largest absolute Gasteiger partial charge is 0.493 e. The number of hydrogen-bond donors (Lipinski definition) is 1. The highest BCUT2D eigenvalue weighted by Crippen LogP contribution is 2.30. The van der Waals surface area contributed by atoms with Gasteiger partial charge in [-0.05, 0) is 42.8 Å². The van der Waals surface area contributed by atoms with E-state index in [4.69, 9.17) is 21.1 Å². The van der Waals surface area contributed by atoms with Crippen LogP contribution < -0.4 is 15.0 Å². The third kappa shape index (κ3) is 5.13. The molecule has 2 aromatic carbocycles. The van der Waals surface area contributed by atoms with E-state index in [0.29, 0.717) is 24.8 Å². The van der Waals surface area contributed by atoms with Crippen LogP contribution in [0.15, 0.2) is 42.5 Å². The molecule has 1 heterocycles. The lowest BCUT2D eigenvalue weighted by Gasteiger charge is -2.30. The Labute approximate surface area is 158 Å².